The van der Waals surface area contributed by atoms with Crippen LogP contribution in [0.2, 0.25) is 0 Å². The molecule has 2 aromatic rings. The summed E-state index contributed by atoms with van der Waals surface area (Å²) in [7, 11) is 1.96. The van der Waals surface area contributed by atoms with E-state index in [1.54, 1.807) is 6.07 Å². The number of aromatic amines is 1. The molecule has 0 unspecified atom stereocenters. The molecule has 1 saturated carbocycles. The third kappa shape index (κ3) is 5.75. The van der Waals surface area contributed by atoms with Crippen molar-refractivity contribution in [1.82, 2.24) is 14.8 Å². The molecule has 1 heterocycles. The van der Waals surface area contributed by atoms with Gasteiger partial charge in [-0.2, -0.15) is 0 Å². The van der Waals surface area contributed by atoms with Crippen LogP contribution in [0.25, 0.3) is 10.9 Å². The van der Waals surface area contributed by atoms with Crippen LogP contribution >= 0.6 is 0 Å². The quantitative estimate of drug-likeness (QED) is 0.670. The van der Waals surface area contributed by atoms with E-state index in [0.717, 1.165) is 48.9 Å². The number of hydrogen-bond donors (Lipinski definition) is 1. The maximum atomic E-state index is 13.0. The molecule has 158 valence electrons. The minimum Gasteiger partial charge on any atom is -0.494 e. The van der Waals surface area contributed by atoms with Crippen LogP contribution < -0.4 is 10.3 Å². The van der Waals surface area contributed by atoms with Gasteiger partial charge in [0.05, 0.1) is 6.61 Å². The van der Waals surface area contributed by atoms with Crippen molar-refractivity contribution < 1.29 is 9.53 Å². The van der Waals surface area contributed by atoms with Crippen molar-refractivity contribution >= 4 is 16.9 Å². The van der Waals surface area contributed by atoms with E-state index < -0.39 is 0 Å². The molecule has 1 N–H and O–H groups in total. The molecule has 1 aliphatic rings. The van der Waals surface area contributed by atoms with Crippen LogP contribution in [0.1, 0.15) is 51.9 Å². The monoisotopic (exact) mass is 399 g/mol. The fourth-order valence-electron chi connectivity index (χ4n) is 4.09. The van der Waals surface area contributed by atoms with Gasteiger partial charge in [0.25, 0.3) is 0 Å². The lowest BCUT2D eigenvalue weighted by Crippen LogP contribution is -2.47. The Kier molecular flexibility index (Phi) is 7.55. The summed E-state index contributed by atoms with van der Waals surface area (Å²) in [6.07, 6.45) is 7.73. The van der Waals surface area contributed by atoms with Crippen LogP contribution in [-0.2, 0) is 0 Å². The van der Waals surface area contributed by atoms with Gasteiger partial charge in [-0.25, -0.2) is 4.79 Å². The first-order valence-corrected chi connectivity index (χ1v) is 10.9. The zero-order valence-electron chi connectivity index (χ0n) is 17.7. The number of urea groups is 1. The SMILES string of the molecule is CCCN(CCCOc1ccc2[nH]c(=O)ccc2c1)C(=O)N(C)C1CCCCC1. The first-order chi connectivity index (χ1) is 14.1. The highest BCUT2D eigenvalue weighted by atomic mass is 16.5. The van der Waals surface area contributed by atoms with E-state index in [4.69, 9.17) is 4.74 Å². The zero-order valence-corrected chi connectivity index (χ0v) is 17.7. The lowest BCUT2D eigenvalue weighted by molar-refractivity contribution is 0.131. The highest BCUT2D eigenvalue weighted by Gasteiger charge is 2.25. The molecule has 0 atom stereocenters. The van der Waals surface area contributed by atoms with Crippen LogP contribution in [0.3, 0.4) is 0 Å². The number of rotatable bonds is 8. The summed E-state index contributed by atoms with van der Waals surface area (Å²) in [5.41, 5.74) is 0.695. The highest BCUT2D eigenvalue weighted by molar-refractivity contribution is 5.79. The third-order valence-corrected chi connectivity index (χ3v) is 5.72. The first-order valence-electron chi connectivity index (χ1n) is 10.9. The van der Waals surface area contributed by atoms with Crippen molar-refractivity contribution in [2.75, 3.05) is 26.7 Å². The molecule has 0 saturated heterocycles. The maximum Gasteiger partial charge on any atom is 0.319 e. The van der Waals surface area contributed by atoms with Gasteiger partial charge in [-0.05, 0) is 49.9 Å². The average molecular weight is 400 g/mol. The normalized spacial score (nSPS) is 14.7. The number of nitrogens with one attached hydrogen (secondary N) is 1. The van der Waals surface area contributed by atoms with Gasteiger partial charge < -0.3 is 19.5 Å². The predicted octanol–water partition coefficient (Wildman–Crippen LogP) is 4.39. The van der Waals surface area contributed by atoms with Gasteiger partial charge in [0, 0.05) is 43.1 Å². The summed E-state index contributed by atoms with van der Waals surface area (Å²) in [5, 5.41) is 0.944. The predicted molar refractivity (Wildman–Crippen MR) is 117 cm³/mol. The second kappa shape index (κ2) is 10.3. The van der Waals surface area contributed by atoms with Crippen molar-refractivity contribution in [3.63, 3.8) is 0 Å². The Balaban J connectivity index is 1.50. The van der Waals surface area contributed by atoms with Crippen molar-refractivity contribution in [3.8, 4) is 5.75 Å². The second-order valence-electron chi connectivity index (χ2n) is 7.95. The molecule has 0 spiro atoms. The molecule has 1 aromatic heterocycles. The maximum absolute atomic E-state index is 13.0. The molecular weight excluding hydrogens is 366 g/mol. The fourth-order valence-corrected chi connectivity index (χ4v) is 4.09. The fraction of sp³-hybridized carbons (Fsp3) is 0.565. The molecule has 29 heavy (non-hydrogen) atoms. The Labute approximate surface area is 172 Å². The Morgan fingerprint density at radius 3 is 2.69 bits per heavy atom. The molecule has 6 heteroatoms. The molecule has 6 nitrogen and oxygen atoms in total. The molecule has 0 bridgehead atoms. The molecule has 1 aliphatic carbocycles. The molecule has 0 aliphatic heterocycles. The lowest BCUT2D eigenvalue weighted by atomic mass is 9.95. The average Bonchev–Trinajstić information content (AvgIpc) is 2.75. The van der Waals surface area contributed by atoms with Gasteiger partial charge in [0.2, 0.25) is 5.56 Å². The largest absolute Gasteiger partial charge is 0.494 e. The first kappa shape index (κ1) is 21.2. The number of aromatic nitrogens is 1. The Hall–Kier alpha value is -2.50. The molecule has 0 radical (unpaired) electrons. The molecule has 1 fully saturated rings. The standard InChI is InChI=1S/C23H33N3O3/c1-3-14-26(23(28)25(2)19-8-5-4-6-9-19)15-7-16-29-20-11-12-21-18(17-20)10-13-22(27)24-21/h10-13,17,19H,3-9,14-16H2,1-2H3,(H,24,27). The number of nitrogens with zero attached hydrogens (tertiary/aromatic N) is 2. The molecule has 3 rings (SSSR count). The number of amides is 2. The van der Waals surface area contributed by atoms with Crippen LogP contribution in [0.15, 0.2) is 35.1 Å². The summed E-state index contributed by atoms with van der Waals surface area (Å²) in [4.78, 5) is 31.1. The molecular formula is C23H33N3O3. The number of carbonyl (C=O) groups excluding carboxylic acids is 1. The van der Waals surface area contributed by atoms with E-state index in [9.17, 15) is 9.59 Å². The van der Waals surface area contributed by atoms with Gasteiger partial charge in [-0.1, -0.05) is 26.2 Å². The minimum atomic E-state index is -0.106. The van der Waals surface area contributed by atoms with E-state index in [2.05, 4.69) is 11.9 Å². The van der Waals surface area contributed by atoms with Crippen LogP contribution in [0.4, 0.5) is 4.79 Å². The highest BCUT2D eigenvalue weighted by Crippen LogP contribution is 2.23. The van der Waals surface area contributed by atoms with Crippen molar-refractivity contribution in [1.29, 1.82) is 0 Å². The van der Waals surface area contributed by atoms with Gasteiger partial charge in [0.1, 0.15) is 5.75 Å². The van der Waals surface area contributed by atoms with Crippen LogP contribution in [0, 0.1) is 0 Å². The Bertz CT molecular complexity index is 858. The second-order valence-corrected chi connectivity index (χ2v) is 7.95. The Morgan fingerprint density at radius 2 is 1.93 bits per heavy atom. The number of H-pyrrole nitrogens is 1. The van der Waals surface area contributed by atoms with Gasteiger partial charge in [0.15, 0.2) is 0 Å². The van der Waals surface area contributed by atoms with E-state index in [1.807, 2.05) is 35.0 Å². The molecule has 1 aromatic carbocycles. The zero-order chi connectivity index (χ0) is 20.6. The van der Waals surface area contributed by atoms with Gasteiger partial charge in [-0.15, -0.1) is 0 Å². The van der Waals surface area contributed by atoms with Gasteiger partial charge >= 0.3 is 6.03 Å². The topological polar surface area (TPSA) is 65.6 Å². The number of ether oxygens (including phenoxy) is 1. The number of pyridine rings is 1. The number of carbonyl (C=O) groups is 1. The van der Waals surface area contributed by atoms with Crippen LogP contribution in [0.5, 0.6) is 5.75 Å². The summed E-state index contributed by atoms with van der Waals surface area (Å²) in [6.45, 7) is 4.14. The smallest absolute Gasteiger partial charge is 0.319 e. The number of fused-ring (bicyclic) bond motifs is 1. The summed E-state index contributed by atoms with van der Waals surface area (Å²) >= 11 is 0. The molecule has 2 amide bonds. The third-order valence-electron chi connectivity index (χ3n) is 5.72. The van der Waals surface area contributed by atoms with Gasteiger partial charge in [-0.3, -0.25) is 4.79 Å². The van der Waals surface area contributed by atoms with Crippen molar-refractivity contribution in [2.24, 2.45) is 0 Å². The van der Waals surface area contributed by atoms with Crippen molar-refractivity contribution in [3.05, 3.63) is 40.7 Å². The summed E-state index contributed by atoms with van der Waals surface area (Å²) < 4.78 is 5.89. The van der Waals surface area contributed by atoms with E-state index in [1.165, 1.54) is 25.3 Å². The van der Waals surface area contributed by atoms with E-state index >= 15 is 0 Å². The Morgan fingerprint density at radius 1 is 1.14 bits per heavy atom. The summed E-state index contributed by atoms with van der Waals surface area (Å²) in [5.74, 6) is 0.775. The number of hydrogen-bond acceptors (Lipinski definition) is 3. The van der Waals surface area contributed by atoms with E-state index in [-0.39, 0.29) is 11.6 Å². The minimum absolute atomic E-state index is 0.106. The van der Waals surface area contributed by atoms with E-state index in [0.29, 0.717) is 19.2 Å². The van der Waals surface area contributed by atoms with Crippen molar-refractivity contribution in [2.45, 2.75) is 57.9 Å². The number of benzene rings is 1. The van der Waals surface area contributed by atoms with Crippen LogP contribution in [-0.4, -0.2) is 53.6 Å². The summed E-state index contributed by atoms with van der Waals surface area (Å²) in [6, 6.07) is 9.50. The lowest BCUT2D eigenvalue weighted by Gasteiger charge is -2.35.